The Kier molecular flexibility index (Phi) is 6.59. The van der Waals surface area contributed by atoms with Gasteiger partial charge < -0.3 is 9.64 Å². The van der Waals surface area contributed by atoms with Gasteiger partial charge in [-0.05, 0) is 17.7 Å². The highest BCUT2D eigenvalue weighted by Gasteiger charge is 2.20. The summed E-state index contributed by atoms with van der Waals surface area (Å²) in [5.41, 5.74) is 0.723. The first-order valence-electron chi connectivity index (χ1n) is 6.68. The number of methoxy groups -OCH3 is 1. The molecule has 0 heterocycles. The molecule has 1 atom stereocenters. The highest BCUT2D eigenvalue weighted by molar-refractivity contribution is 5.80. The van der Waals surface area contributed by atoms with Gasteiger partial charge in [-0.25, -0.2) is 4.39 Å². The van der Waals surface area contributed by atoms with Crippen molar-refractivity contribution in [3.63, 3.8) is 0 Å². The molecular formula is C16H20FNO3. The molecule has 114 valence electrons. The van der Waals surface area contributed by atoms with Crippen LogP contribution in [0.5, 0.6) is 0 Å². The smallest absolute Gasteiger partial charge is 0.310 e. The molecule has 0 aromatic heterocycles. The molecule has 0 saturated heterocycles. The highest BCUT2D eigenvalue weighted by Crippen LogP contribution is 2.08. The molecule has 0 bridgehead atoms. The number of hydrogen-bond acceptors (Lipinski definition) is 3. The van der Waals surface area contributed by atoms with Crippen LogP contribution in [0.2, 0.25) is 0 Å². The minimum atomic E-state index is -0.410. The zero-order valence-corrected chi connectivity index (χ0v) is 12.3. The van der Waals surface area contributed by atoms with E-state index in [1.807, 2.05) is 0 Å². The van der Waals surface area contributed by atoms with E-state index in [9.17, 15) is 14.0 Å². The monoisotopic (exact) mass is 293 g/mol. The molecule has 0 fully saturated rings. The highest BCUT2D eigenvalue weighted by atomic mass is 19.1. The molecule has 0 aliphatic heterocycles. The van der Waals surface area contributed by atoms with Crippen molar-refractivity contribution >= 4 is 11.9 Å². The van der Waals surface area contributed by atoms with Gasteiger partial charge in [-0.2, -0.15) is 0 Å². The summed E-state index contributed by atoms with van der Waals surface area (Å²) in [5, 5.41) is 0. The first-order chi connectivity index (χ1) is 9.97. The molecule has 21 heavy (non-hydrogen) atoms. The largest absolute Gasteiger partial charge is 0.469 e. The van der Waals surface area contributed by atoms with Gasteiger partial charge in [0.05, 0.1) is 19.4 Å². The molecular weight excluding hydrogens is 273 g/mol. The number of benzene rings is 1. The summed E-state index contributed by atoms with van der Waals surface area (Å²) in [6.07, 6.45) is 1.76. The third-order valence-electron chi connectivity index (χ3n) is 3.07. The number of esters is 1. The Morgan fingerprint density at radius 2 is 2.00 bits per heavy atom. The Hall–Kier alpha value is -2.17. The third-order valence-corrected chi connectivity index (χ3v) is 3.07. The van der Waals surface area contributed by atoms with Gasteiger partial charge in [-0.15, -0.1) is 6.58 Å². The lowest BCUT2D eigenvalue weighted by Crippen LogP contribution is -2.38. The van der Waals surface area contributed by atoms with Gasteiger partial charge in [0.25, 0.3) is 0 Å². The minimum absolute atomic E-state index is 0.141. The average molecular weight is 293 g/mol. The van der Waals surface area contributed by atoms with Gasteiger partial charge in [0.1, 0.15) is 5.82 Å². The Balaban J connectivity index is 2.70. The molecule has 1 amide bonds. The third kappa shape index (κ3) is 5.38. The summed E-state index contributed by atoms with van der Waals surface area (Å²) < 4.78 is 17.5. The molecule has 0 aliphatic carbocycles. The van der Waals surface area contributed by atoms with E-state index < -0.39 is 5.92 Å². The van der Waals surface area contributed by atoms with Crippen LogP contribution in [0, 0.1) is 11.7 Å². The molecule has 4 nitrogen and oxygen atoms in total. The molecule has 0 radical (unpaired) electrons. The normalized spacial score (nSPS) is 11.6. The van der Waals surface area contributed by atoms with E-state index in [1.165, 1.54) is 24.1 Å². The van der Waals surface area contributed by atoms with Gasteiger partial charge in [0.15, 0.2) is 0 Å². The van der Waals surface area contributed by atoms with Gasteiger partial charge in [-0.3, -0.25) is 9.59 Å². The van der Waals surface area contributed by atoms with E-state index in [-0.39, 0.29) is 30.7 Å². The van der Waals surface area contributed by atoms with Crippen molar-refractivity contribution in [1.82, 2.24) is 4.90 Å². The van der Waals surface area contributed by atoms with Crippen molar-refractivity contribution in [1.29, 1.82) is 0 Å². The summed E-state index contributed by atoms with van der Waals surface area (Å²) in [4.78, 5) is 25.2. The van der Waals surface area contributed by atoms with Crippen LogP contribution >= 0.6 is 0 Å². The van der Waals surface area contributed by atoms with Crippen LogP contribution in [0.1, 0.15) is 12.5 Å². The van der Waals surface area contributed by atoms with Crippen molar-refractivity contribution < 1.29 is 18.7 Å². The van der Waals surface area contributed by atoms with E-state index >= 15 is 0 Å². The quantitative estimate of drug-likeness (QED) is 0.572. The number of carbonyl (C=O) groups is 2. The van der Waals surface area contributed by atoms with Crippen LogP contribution in [0.4, 0.5) is 4.39 Å². The van der Waals surface area contributed by atoms with Crippen molar-refractivity contribution in [3.8, 4) is 0 Å². The lowest BCUT2D eigenvalue weighted by atomic mass is 10.1. The fourth-order valence-corrected chi connectivity index (χ4v) is 1.93. The second-order valence-corrected chi connectivity index (χ2v) is 4.81. The Labute approximate surface area is 124 Å². The molecule has 1 unspecified atom stereocenters. The first-order valence-corrected chi connectivity index (χ1v) is 6.68. The lowest BCUT2D eigenvalue weighted by Gasteiger charge is -2.23. The average Bonchev–Trinajstić information content (AvgIpc) is 2.48. The van der Waals surface area contributed by atoms with Crippen LogP contribution in [0.15, 0.2) is 36.9 Å². The fourth-order valence-electron chi connectivity index (χ4n) is 1.93. The summed E-state index contributed by atoms with van der Waals surface area (Å²) in [6, 6.07) is 5.78. The minimum Gasteiger partial charge on any atom is -0.469 e. The lowest BCUT2D eigenvalue weighted by molar-refractivity contribution is -0.146. The summed E-state index contributed by atoms with van der Waals surface area (Å²) >= 11 is 0. The zero-order chi connectivity index (χ0) is 15.8. The van der Waals surface area contributed by atoms with E-state index in [1.54, 1.807) is 25.1 Å². The van der Waals surface area contributed by atoms with Crippen LogP contribution in [-0.4, -0.2) is 37.0 Å². The van der Waals surface area contributed by atoms with E-state index in [2.05, 4.69) is 11.3 Å². The molecule has 1 aromatic carbocycles. The molecule has 0 aliphatic rings. The van der Waals surface area contributed by atoms with Crippen molar-refractivity contribution in [2.75, 3.05) is 20.2 Å². The van der Waals surface area contributed by atoms with E-state index in [0.29, 0.717) is 6.54 Å². The van der Waals surface area contributed by atoms with Gasteiger partial charge in [0.2, 0.25) is 5.91 Å². The van der Waals surface area contributed by atoms with Gasteiger partial charge in [-0.1, -0.05) is 25.1 Å². The number of carbonyl (C=O) groups excluding carboxylic acids is 2. The van der Waals surface area contributed by atoms with E-state index in [0.717, 1.165) is 5.56 Å². The Morgan fingerprint density at radius 1 is 1.38 bits per heavy atom. The summed E-state index contributed by atoms with van der Waals surface area (Å²) in [7, 11) is 1.32. The second-order valence-electron chi connectivity index (χ2n) is 4.81. The summed E-state index contributed by atoms with van der Waals surface area (Å²) in [6.45, 7) is 5.93. The van der Waals surface area contributed by atoms with Crippen LogP contribution < -0.4 is 0 Å². The fraction of sp³-hybridized carbons (Fsp3) is 0.375. The number of amides is 1. The maximum atomic E-state index is 12.8. The molecule has 0 N–H and O–H groups in total. The first kappa shape index (κ1) is 16.9. The second kappa shape index (κ2) is 8.19. The predicted molar refractivity (Wildman–Crippen MR) is 78.1 cm³/mol. The Bertz CT molecular complexity index is 499. The van der Waals surface area contributed by atoms with Crippen LogP contribution in [0.3, 0.4) is 0 Å². The maximum absolute atomic E-state index is 12.8. The number of rotatable bonds is 7. The van der Waals surface area contributed by atoms with Gasteiger partial charge >= 0.3 is 5.97 Å². The van der Waals surface area contributed by atoms with Crippen LogP contribution in [-0.2, 0) is 20.7 Å². The molecule has 0 spiro atoms. The predicted octanol–water partition coefficient (Wildman–Crippen LogP) is 2.19. The Morgan fingerprint density at radius 3 is 2.52 bits per heavy atom. The summed E-state index contributed by atoms with van der Waals surface area (Å²) in [5.74, 6) is -1.25. The molecule has 1 aromatic rings. The van der Waals surface area contributed by atoms with Crippen LogP contribution in [0.25, 0.3) is 0 Å². The maximum Gasteiger partial charge on any atom is 0.310 e. The number of halogens is 1. The number of ether oxygens (including phenoxy) is 1. The molecule has 5 heteroatoms. The van der Waals surface area contributed by atoms with E-state index in [4.69, 9.17) is 0 Å². The van der Waals surface area contributed by atoms with Crippen molar-refractivity contribution in [3.05, 3.63) is 48.3 Å². The standard InChI is InChI=1S/C16H20FNO3/c1-4-9-18(11-12(2)16(20)21-3)15(19)10-13-5-7-14(17)8-6-13/h4-8,12H,1,9-11H2,2-3H3. The molecule has 0 saturated carbocycles. The van der Waals surface area contributed by atoms with Crippen molar-refractivity contribution in [2.45, 2.75) is 13.3 Å². The zero-order valence-electron chi connectivity index (χ0n) is 12.3. The van der Waals surface area contributed by atoms with Crippen molar-refractivity contribution in [2.24, 2.45) is 5.92 Å². The van der Waals surface area contributed by atoms with Gasteiger partial charge in [0, 0.05) is 13.1 Å². The molecule has 1 rings (SSSR count). The SMILES string of the molecule is C=CCN(CC(C)C(=O)OC)C(=O)Cc1ccc(F)cc1. The topological polar surface area (TPSA) is 46.6 Å². The number of nitrogens with zero attached hydrogens (tertiary/aromatic N) is 1. The number of hydrogen-bond donors (Lipinski definition) is 0.